The van der Waals surface area contributed by atoms with Crippen molar-refractivity contribution in [3.63, 3.8) is 0 Å². The molecule has 5 saturated carbocycles. The average Bonchev–Trinajstić information content (AvgIpc) is 3.40. The summed E-state index contributed by atoms with van der Waals surface area (Å²) < 4.78 is 6.59. The van der Waals surface area contributed by atoms with E-state index in [1.807, 2.05) is 0 Å². The van der Waals surface area contributed by atoms with Gasteiger partial charge in [0.05, 0.1) is 30.0 Å². The van der Waals surface area contributed by atoms with E-state index >= 15 is 0 Å². The number of rotatable bonds is 2. The van der Waals surface area contributed by atoms with E-state index in [0.717, 1.165) is 38.5 Å². The topological polar surface area (TPSA) is 90.2 Å². The summed E-state index contributed by atoms with van der Waals surface area (Å²) in [7, 11) is 0. The van der Waals surface area contributed by atoms with Crippen molar-refractivity contribution in [2.24, 2.45) is 50.7 Å². The monoisotopic (exact) mass is 490 g/mol. The van der Waals surface area contributed by atoms with E-state index in [4.69, 9.17) is 4.74 Å². The van der Waals surface area contributed by atoms with Gasteiger partial charge in [-0.3, -0.25) is 0 Å². The number of aliphatic hydroxyl groups is 4. The van der Waals surface area contributed by atoms with E-state index in [-0.39, 0.29) is 34.4 Å². The summed E-state index contributed by atoms with van der Waals surface area (Å²) in [6, 6.07) is 0. The first-order chi connectivity index (χ1) is 16.1. The second-order valence-electron chi connectivity index (χ2n) is 15.7. The normalized spacial score (nSPS) is 59.4. The molecule has 6 fully saturated rings. The minimum absolute atomic E-state index is 0.00259. The van der Waals surface area contributed by atoms with Crippen molar-refractivity contribution in [1.82, 2.24) is 0 Å². The Hall–Kier alpha value is -0.200. The standard InChI is InChI=1S/C30H50O5/c1-16-14-17(23(32)26(4,5)34)35-22-21(16)27(6)12-13-30-15-29(30)11-10-20(31)25(2,3)18(29)8-9-19(30)28(27,7)24(22)33/h16-24,31-34H,8-15H2,1-7H3/t16-,17?,18+,19?,20?,21?,22?,23?,24+,27?,28?,29?,30?/m1/s1. The highest BCUT2D eigenvalue weighted by Crippen LogP contribution is 2.89. The molecule has 5 nitrogen and oxygen atoms in total. The maximum Gasteiger partial charge on any atom is 0.108 e. The molecule has 10 unspecified atom stereocenters. The minimum atomic E-state index is -1.23. The van der Waals surface area contributed by atoms with E-state index in [1.54, 1.807) is 13.8 Å². The summed E-state index contributed by atoms with van der Waals surface area (Å²) in [5.41, 5.74) is -0.860. The number of fused-ring (bicyclic) bond motifs is 4. The zero-order valence-electron chi connectivity index (χ0n) is 23.1. The van der Waals surface area contributed by atoms with Gasteiger partial charge in [0.25, 0.3) is 0 Å². The molecule has 2 spiro atoms. The molecule has 5 heteroatoms. The van der Waals surface area contributed by atoms with Crippen LogP contribution in [-0.2, 0) is 4.74 Å². The zero-order valence-corrected chi connectivity index (χ0v) is 23.1. The fraction of sp³-hybridized carbons (Fsp3) is 1.00. The van der Waals surface area contributed by atoms with Crippen molar-refractivity contribution >= 4 is 0 Å². The van der Waals surface area contributed by atoms with Crippen LogP contribution in [0.5, 0.6) is 0 Å². The molecule has 35 heavy (non-hydrogen) atoms. The molecule has 4 N–H and O–H groups in total. The van der Waals surface area contributed by atoms with Crippen molar-refractivity contribution in [1.29, 1.82) is 0 Å². The highest BCUT2D eigenvalue weighted by molar-refractivity contribution is 5.32. The van der Waals surface area contributed by atoms with Crippen LogP contribution in [0.1, 0.15) is 99.8 Å². The van der Waals surface area contributed by atoms with Crippen LogP contribution >= 0.6 is 0 Å². The highest BCUT2D eigenvalue weighted by atomic mass is 16.5. The molecule has 6 aliphatic rings. The lowest BCUT2D eigenvalue weighted by molar-refractivity contribution is -0.202. The summed E-state index contributed by atoms with van der Waals surface area (Å²) in [4.78, 5) is 0. The van der Waals surface area contributed by atoms with Crippen LogP contribution in [0.2, 0.25) is 0 Å². The van der Waals surface area contributed by atoms with Crippen molar-refractivity contribution in [2.45, 2.75) is 136 Å². The maximum atomic E-state index is 12.2. The lowest BCUT2D eigenvalue weighted by Crippen LogP contribution is -2.59. The lowest BCUT2D eigenvalue weighted by atomic mass is 9.41. The molecule has 1 aliphatic heterocycles. The van der Waals surface area contributed by atoms with Crippen molar-refractivity contribution in [3.8, 4) is 0 Å². The van der Waals surface area contributed by atoms with Crippen molar-refractivity contribution in [2.75, 3.05) is 0 Å². The molecule has 0 bridgehead atoms. The summed E-state index contributed by atoms with van der Waals surface area (Å²) in [5, 5.41) is 44.4. The quantitative estimate of drug-likeness (QED) is 0.464. The van der Waals surface area contributed by atoms with Gasteiger partial charge in [-0.2, -0.15) is 0 Å². The molecule has 0 radical (unpaired) electrons. The smallest absolute Gasteiger partial charge is 0.108 e. The first-order valence-corrected chi connectivity index (χ1v) is 14.5. The summed E-state index contributed by atoms with van der Waals surface area (Å²) in [6.45, 7) is 15.0. The first kappa shape index (κ1) is 25.1. The Bertz CT molecular complexity index is 896. The summed E-state index contributed by atoms with van der Waals surface area (Å²) in [6.07, 6.45) is 6.23. The van der Waals surface area contributed by atoms with E-state index in [2.05, 4.69) is 34.6 Å². The van der Waals surface area contributed by atoms with Gasteiger partial charge in [0.1, 0.15) is 6.10 Å². The maximum absolute atomic E-state index is 12.2. The number of hydrogen-bond donors (Lipinski definition) is 4. The Labute approximate surface area is 212 Å². The Morgan fingerprint density at radius 3 is 2.20 bits per heavy atom. The second-order valence-corrected chi connectivity index (χ2v) is 15.7. The van der Waals surface area contributed by atoms with Crippen molar-refractivity contribution < 1.29 is 25.2 Å². The number of aliphatic hydroxyl groups excluding tert-OH is 3. The lowest BCUT2D eigenvalue weighted by Gasteiger charge is -2.63. The molecule has 0 aromatic heterocycles. The third kappa shape index (κ3) is 2.73. The Morgan fingerprint density at radius 2 is 1.54 bits per heavy atom. The summed E-state index contributed by atoms with van der Waals surface area (Å²) in [5.74, 6) is 1.64. The molecule has 1 saturated heterocycles. The fourth-order valence-electron chi connectivity index (χ4n) is 12.0. The zero-order chi connectivity index (χ0) is 25.6. The predicted octanol–water partition coefficient (Wildman–Crippen LogP) is 4.29. The average molecular weight is 491 g/mol. The molecule has 6 rings (SSSR count). The van der Waals surface area contributed by atoms with Gasteiger partial charge >= 0.3 is 0 Å². The van der Waals surface area contributed by atoms with Crippen LogP contribution < -0.4 is 0 Å². The van der Waals surface area contributed by atoms with Gasteiger partial charge in [-0.1, -0.05) is 34.6 Å². The van der Waals surface area contributed by atoms with Crippen LogP contribution in [0.3, 0.4) is 0 Å². The van der Waals surface area contributed by atoms with Gasteiger partial charge in [0, 0.05) is 5.41 Å². The van der Waals surface area contributed by atoms with Gasteiger partial charge in [0.2, 0.25) is 0 Å². The Morgan fingerprint density at radius 1 is 0.914 bits per heavy atom. The molecule has 0 aromatic carbocycles. The van der Waals surface area contributed by atoms with Gasteiger partial charge in [-0.15, -0.1) is 0 Å². The van der Waals surface area contributed by atoms with Gasteiger partial charge in [0.15, 0.2) is 0 Å². The molecular weight excluding hydrogens is 440 g/mol. The molecule has 5 aliphatic carbocycles. The molecule has 1 heterocycles. The minimum Gasteiger partial charge on any atom is -0.393 e. The molecular formula is C30H50O5. The van der Waals surface area contributed by atoms with Crippen LogP contribution in [0, 0.1) is 50.7 Å². The van der Waals surface area contributed by atoms with Crippen LogP contribution in [-0.4, -0.2) is 56.5 Å². The van der Waals surface area contributed by atoms with Gasteiger partial charge in [-0.05, 0) is 111 Å². The fourth-order valence-corrected chi connectivity index (χ4v) is 12.0. The van der Waals surface area contributed by atoms with E-state index in [0.29, 0.717) is 28.6 Å². The molecule has 13 atom stereocenters. The Kier molecular flexibility index (Phi) is 5.06. The number of hydrogen-bond acceptors (Lipinski definition) is 5. The second kappa shape index (κ2) is 7.05. The van der Waals surface area contributed by atoms with Crippen LogP contribution in [0.15, 0.2) is 0 Å². The highest BCUT2D eigenvalue weighted by Gasteiger charge is 2.84. The summed E-state index contributed by atoms with van der Waals surface area (Å²) >= 11 is 0. The third-order valence-electron chi connectivity index (χ3n) is 13.9. The van der Waals surface area contributed by atoms with E-state index in [1.165, 1.54) is 12.8 Å². The molecule has 0 amide bonds. The third-order valence-corrected chi connectivity index (χ3v) is 13.9. The van der Waals surface area contributed by atoms with Crippen molar-refractivity contribution in [3.05, 3.63) is 0 Å². The largest absolute Gasteiger partial charge is 0.393 e. The van der Waals surface area contributed by atoms with Gasteiger partial charge < -0.3 is 25.2 Å². The van der Waals surface area contributed by atoms with Crippen LogP contribution in [0.4, 0.5) is 0 Å². The van der Waals surface area contributed by atoms with E-state index < -0.39 is 23.9 Å². The SMILES string of the molecule is C[C@@H]1CC(C(O)C(C)(C)O)OC2C1C1(C)CCC34CC35CCC(O)C(C)(C)[C@@H]5CCC4C1(C)[C@H]2O. The van der Waals surface area contributed by atoms with Gasteiger partial charge in [-0.25, -0.2) is 0 Å². The molecule has 200 valence electrons. The molecule has 0 aromatic rings. The van der Waals surface area contributed by atoms with E-state index in [9.17, 15) is 20.4 Å². The van der Waals surface area contributed by atoms with Crippen LogP contribution in [0.25, 0.3) is 0 Å². The predicted molar refractivity (Wildman–Crippen MR) is 134 cm³/mol. The Balaban J connectivity index is 1.36. The number of ether oxygens (including phenoxy) is 1. The first-order valence-electron chi connectivity index (χ1n) is 14.5.